The van der Waals surface area contributed by atoms with Crippen molar-refractivity contribution < 1.29 is 0 Å². The van der Waals surface area contributed by atoms with Crippen LogP contribution in [-0.4, -0.2) is 30.1 Å². The zero-order valence-corrected chi connectivity index (χ0v) is 14.7. The Bertz CT molecular complexity index is 442. The number of hydrogen-bond acceptors (Lipinski definition) is 2. The smallest absolute Gasteiger partial charge is 0.191 e. The largest absolute Gasteiger partial charge is 0.357 e. The van der Waals surface area contributed by atoms with Crippen molar-refractivity contribution in [3.63, 3.8) is 0 Å². The van der Waals surface area contributed by atoms with E-state index in [1.807, 2.05) is 12.4 Å². The Hall–Kier alpha value is -1.58. The molecule has 22 heavy (non-hydrogen) atoms. The van der Waals surface area contributed by atoms with Gasteiger partial charge in [-0.25, -0.2) is 0 Å². The Morgan fingerprint density at radius 2 is 2.14 bits per heavy atom. The van der Waals surface area contributed by atoms with Crippen LogP contribution in [0.5, 0.6) is 0 Å². The van der Waals surface area contributed by atoms with Gasteiger partial charge in [-0.3, -0.25) is 9.98 Å². The van der Waals surface area contributed by atoms with Gasteiger partial charge in [0, 0.05) is 31.5 Å². The molecule has 2 N–H and O–H groups in total. The number of aliphatic imine (C=N–C) groups is 1. The van der Waals surface area contributed by atoms with Crippen molar-refractivity contribution in [3.05, 3.63) is 29.6 Å². The lowest BCUT2D eigenvalue weighted by Gasteiger charge is -2.17. The van der Waals surface area contributed by atoms with Gasteiger partial charge in [0.2, 0.25) is 0 Å². The molecular formula is C18H32N4. The van der Waals surface area contributed by atoms with Crippen LogP contribution in [-0.2, 0) is 6.42 Å². The van der Waals surface area contributed by atoms with Gasteiger partial charge in [0.25, 0.3) is 0 Å². The molecule has 4 heteroatoms. The average Bonchev–Trinajstić information content (AvgIpc) is 2.49. The van der Waals surface area contributed by atoms with E-state index in [0.29, 0.717) is 6.04 Å². The first-order valence-electron chi connectivity index (χ1n) is 8.61. The second-order valence-corrected chi connectivity index (χ2v) is 5.85. The Balaban J connectivity index is 2.46. The molecule has 0 aliphatic heterocycles. The summed E-state index contributed by atoms with van der Waals surface area (Å²) in [5.41, 5.74) is 2.56. The van der Waals surface area contributed by atoms with E-state index in [-0.39, 0.29) is 0 Å². The third-order valence-electron chi connectivity index (χ3n) is 3.76. The molecule has 0 radical (unpaired) electrons. The molecule has 0 fully saturated rings. The first kappa shape index (κ1) is 18.5. The molecular weight excluding hydrogens is 272 g/mol. The highest BCUT2D eigenvalue weighted by atomic mass is 15.2. The van der Waals surface area contributed by atoms with E-state index >= 15 is 0 Å². The highest BCUT2D eigenvalue weighted by Gasteiger charge is 2.05. The van der Waals surface area contributed by atoms with Crippen molar-refractivity contribution in [1.82, 2.24) is 15.6 Å². The number of unbranched alkanes of at least 4 members (excludes halogenated alkanes) is 2. The third kappa shape index (κ3) is 7.43. The molecule has 0 aliphatic rings. The topological polar surface area (TPSA) is 49.3 Å². The highest BCUT2D eigenvalue weighted by molar-refractivity contribution is 5.80. The lowest BCUT2D eigenvalue weighted by molar-refractivity contribution is 0.547. The van der Waals surface area contributed by atoms with Crippen LogP contribution in [0, 0.1) is 6.92 Å². The quantitative estimate of drug-likeness (QED) is 0.417. The van der Waals surface area contributed by atoms with Crippen LogP contribution in [0.15, 0.2) is 23.5 Å². The summed E-state index contributed by atoms with van der Waals surface area (Å²) >= 11 is 0. The Morgan fingerprint density at radius 1 is 1.32 bits per heavy atom. The monoisotopic (exact) mass is 304 g/mol. The molecule has 0 saturated carbocycles. The Labute approximate surface area is 135 Å². The van der Waals surface area contributed by atoms with Crippen LogP contribution in [0.2, 0.25) is 0 Å². The lowest BCUT2D eigenvalue weighted by Crippen LogP contribution is -2.42. The van der Waals surface area contributed by atoms with Gasteiger partial charge in [0.15, 0.2) is 5.96 Å². The van der Waals surface area contributed by atoms with Gasteiger partial charge in [-0.2, -0.15) is 0 Å². The number of aromatic nitrogens is 1. The van der Waals surface area contributed by atoms with Crippen molar-refractivity contribution >= 4 is 5.96 Å². The van der Waals surface area contributed by atoms with Crippen molar-refractivity contribution in [3.8, 4) is 0 Å². The molecule has 1 heterocycles. The van der Waals surface area contributed by atoms with E-state index in [4.69, 9.17) is 4.99 Å². The normalized spacial score (nSPS) is 13.0. The first-order valence-corrected chi connectivity index (χ1v) is 8.61. The minimum absolute atomic E-state index is 0.465. The molecule has 0 spiro atoms. The lowest BCUT2D eigenvalue weighted by atomic mass is 10.1. The summed E-state index contributed by atoms with van der Waals surface area (Å²) in [5, 5.41) is 6.84. The van der Waals surface area contributed by atoms with E-state index in [1.54, 1.807) is 0 Å². The van der Waals surface area contributed by atoms with Gasteiger partial charge in [-0.1, -0.05) is 26.2 Å². The number of rotatable bonds is 9. The number of hydrogen-bond donors (Lipinski definition) is 2. The van der Waals surface area contributed by atoms with Crippen LogP contribution in [0.4, 0.5) is 0 Å². The van der Waals surface area contributed by atoms with Crippen LogP contribution in [0.1, 0.15) is 57.6 Å². The number of nitrogens with one attached hydrogen (secondary N) is 2. The summed E-state index contributed by atoms with van der Waals surface area (Å²) in [4.78, 5) is 8.82. The molecule has 1 aromatic heterocycles. The summed E-state index contributed by atoms with van der Waals surface area (Å²) in [6.07, 6.45) is 9.77. The van der Waals surface area contributed by atoms with Gasteiger partial charge in [-0.15, -0.1) is 0 Å². The van der Waals surface area contributed by atoms with E-state index in [9.17, 15) is 0 Å². The van der Waals surface area contributed by atoms with Crippen molar-refractivity contribution in [2.75, 3.05) is 13.1 Å². The number of guanidine groups is 1. The van der Waals surface area contributed by atoms with Gasteiger partial charge >= 0.3 is 0 Å². The predicted octanol–water partition coefficient (Wildman–Crippen LogP) is 3.46. The van der Waals surface area contributed by atoms with E-state index in [2.05, 4.69) is 49.4 Å². The molecule has 4 nitrogen and oxygen atoms in total. The van der Waals surface area contributed by atoms with Gasteiger partial charge in [-0.05, 0) is 50.8 Å². The predicted molar refractivity (Wildman–Crippen MR) is 95.4 cm³/mol. The van der Waals surface area contributed by atoms with Crippen molar-refractivity contribution in [2.45, 2.75) is 65.8 Å². The van der Waals surface area contributed by atoms with Crippen molar-refractivity contribution in [2.24, 2.45) is 4.99 Å². The maximum atomic E-state index is 4.69. The van der Waals surface area contributed by atoms with Gasteiger partial charge < -0.3 is 10.6 Å². The average molecular weight is 304 g/mol. The van der Waals surface area contributed by atoms with E-state index in [0.717, 1.165) is 25.5 Å². The molecule has 0 amide bonds. The number of pyridine rings is 1. The summed E-state index contributed by atoms with van der Waals surface area (Å²) in [6, 6.07) is 2.55. The van der Waals surface area contributed by atoms with Crippen LogP contribution < -0.4 is 10.6 Å². The molecule has 124 valence electrons. The van der Waals surface area contributed by atoms with Crippen LogP contribution in [0.25, 0.3) is 0 Å². The van der Waals surface area contributed by atoms with Crippen molar-refractivity contribution in [1.29, 1.82) is 0 Å². The summed E-state index contributed by atoms with van der Waals surface area (Å²) in [7, 11) is 0. The fourth-order valence-electron chi connectivity index (χ4n) is 2.40. The molecule has 0 bridgehead atoms. The van der Waals surface area contributed by atoms with Gasteiger partial charge in [0.1, 0.15) is 0 Å². The van der Waals surface area contributed by atoms with E-state index < -0.39 is 0 Å². The molecule has 0 aliphatic carbocycles. The molecule has 1 rings (SSSR count). The standard InChI is InChI=1S/C18H32N4/c1-5-7-8-9-16(4)22-18(20-6-2)21-13-11-17-10-12-19-14-15(17)3/h10,12,14,16H,5-9,11,13H2,1-4H3,(H2,20,21,22). The number of nitrogens with zero attached hydrogens (tertiary/aromatic N) is 2. The van der Waals surface area contributed by atoms with Crippen LogP contribution >= 0.6 is 0 Å². The second kappa shape index (κ2) is 11.0. The SMILES string of the molecule is CCCCCC(C)NC(=NCCc1ccncc1C)NCC. The summed E-state index contributed by atoms with van der Waals surface area (Å²) in [6.45, 7) is 10.4. The minimum atomic E-state index is 0.465. The van der Waals surface area contributed by atoms with E-state index in [1.165, 1.54) is 36.8 Å². The Kier molecular flexibility index (Phi) is 9.28. The zero-order valence-electron chi connectivity index (χ0n) is 14.7. The fourth-order valence-corrected chi connectivity index (χ4v) is 2.40. The number of aryl methyl sites for hydroxylation is 1. The summed E-state index contributed by atoms with van der Waals surface area (Å²) < 4.78 is 0. The first-order chi connectivity index (χ1) is 10.7. The zero-order chi connectivity index (χ0) is 16.2. The molecule has 1 aromatic rings. The molecule has 1 unspecified atom stereocenters. The maximum Gasteiger partial charge on any atom is 0.191 e. The third-order valence-corrected chi connectivity index (χ3v) is 3.76. The summed E-state index contributed by atoms with van der Waals surface area (Å²) in [5.74, 6) is 0.929. The van der Waals surface area contributed by atoms with Gasteiger partial charge in [0.05, 0.1) is 0 Å². The fraction of sp³-hybridized carbons (Fsp3) is 0.667. The highest BCUT2D eigenvalue weighted by Crippen LogP contribution is 2.06. The Morgan fingerprint density at radius 3 is 2.82 bits per heavy atom. The second-order valence-electron chi connectivity index (χ2n) is 5.85. The maximum absolute atomic E-state index is 4.69. The molecule has 0 aromatic carbocycles. The molecule has 0 saturated heterocycles. The van der Waals surface area contributed by atoms with Crippen LogP contribution in [0.3, 0.4) is 0 Å². The molecule has 1 atom stereocenters. The minimum Gasteiger partial charge on any atom is -0.357 e.